The lowest BCUT2D eigenvalue weighted by molar-refractivity contribution is 0.568. The van der Waals surface area contributed by atoms with Gasteiger partial charge in [-0.1, -0.05) is 12.1 Å². The highest BCUT2D eigenvalue weighted by Crippen LogP contribution is 2.21. The number of hydrogen-bond donors (Lipinski definition) is 1. The Morgan fingerprint density at radius 1 is 1.19 bits per heavy atom. The molecular formula is C16H16N4S. The minimum absolute atomic E-state index is 0.249. The van der Waals surface area contributed by atoms with Gasteiger partial charge in [0.1, 0.15) is 5.01 Å². The maximum atomic E-state index is 4.62. The van der Waals surface area contributed by atoms with Crippen LogP contribution in [-0.4, -0.2) is 15.0 Å². The van der Waals surface area contributed by atoms with E-state index in [9.17, 15) is 0 Å². The van der Waals surface area contributed by atoms with Crippen molar-refractivity contribution in [1.82, 2.24) is 20.3 Å². The molecule has 0 aliphatic heterocycles. The van der Waals surface area contributed by atoms with E-state index in [0.29, 0.717) is 0 Å². The first-order chi connectivity index (χ1) is 10.3. The van der Waals surface area contributed by atoms with E-state index in [1.54, 1.807) is 23.7 Å². The van der Waals surface area contributed by atoms with Crippen LogP contribution in [0.5, 0.6) is 0 Å². The van der Waals surface area contributed by atoms with E-state index in [1.165, 1.54) is 5.56 Å². The molecule has 106 valence electrons. The zero-order chi connectivity index (χ0) is 14.5. The molecule has 1 atom stereocenters. The summed E-state index contributed by atoms with van der Waals surface area (Å²) in [5.41, 5.74) is 3.14. The van der Waals surface area contributed by atoms with Crippen LogP contribution in [0.25, 0.3) is 10.7 Å². The van der Waals surface area contributed by atoms with Crippen molar-refractivity contribution < 1.29 is 0 Å². The van der Waals surface area contributed by atoms with E-state index in [2.05, 4.69) is 38.6 Å². The van der Waals surface area contributed by atoms with Crippen LogP contribution in [0, 0.1) is 0 Å². The number of pyridine rings is 2. The molecule has 0 spiro atoms. The predicted octanol–water partition coefficient (Wildman–Crippen LogP) is 3.45. The minimum atomic E-state index is 0.249. The standard InChI is InChI=1S/C16H16N4S/c1-12(13-5-4-7-17-9-13)19-10-14-11-21-16(20-14)15-6-2-3-8-18-15/h2-9,11-12,19H,10H2,1H3/t12-/m1/s1. The quantitative estimate of drug-likeness (QED) is 0.783. The summed E-state index contributed by atoms with van der Waals surface area (Å²) in [7, 11) is 0. The molecule has 0 saturated heterocycles. The first-order valence-electron chi connectivity index (χ1n) is 6.82. The van der Waals surface area contributed by atoms with E-state index in [0.717, 1.165) is 22.9 Å². The van der Waals surface area contributed by atoms with Gasteiger partial charge in [-0.3, -0.25) is 9.97 Å². The fraction of sp³-hybridized carbons (Fsp3) is 0.188. The van der Waals surface area contributed by atoms with Gasteiger partial charge in [0.25, 0.3) is 0 Å². The highest BCUT2D eigenvalue weighted by Gasteiger charge is 2.08. The number of hydrogen-bond acceptors (Lipinski definition) is 5. The average Bonchev–Trinajstić information content (AvgIpc) is 3.03. The van der Waals surface area contributed by atoms with E-state index < -0.39 is 0 Å². The second-order valence-corrected chi connectivity index (χ2v) is 5.61. The van der Waals surface area contributed by atoms with Crippen molar-refractivity contribution in [2.24, 2.45) is 0 Å². The fourth-order valence-electron chi connectivity index (χ4n) is 2.00. The number of nitrogens with zero attached hydrogens (tertiary/aromatic N) is 3. The van der Waals surface area contributed by atoms with Gasteiger partial charge < -0.3 is 5.32 Å². The van der Waals surface area contributed by atoms with Crippen molar-refractivity contribution >= 4 is 11.3 Å². The Morgan fingerprint density at radius 2 is 2.14 bits per heavy atom. The first kappa shape index (κ1) is 13.9. The van der Waals surface area contributed by atoms with Crippen LogP contribution >= 0.6 is 11.3 Å². The molecule has 0 saturated carbocycles. The smallest absolute Gasteiger partial charge is 0.142 e. The van der Waals surface area contributed by atoms with Crippen LogP contribution in [0.1, 0.15) is 24.2 Å². The Balaban J connectivity index is 1.63. The third-order valence-electron chi connectivity index (χ3n) is 3.21. The normalized spacial score (nSPS) is 12.2. The van der Waals surface area contributed by atoms with Crippen molar-refractivity contribution in [3.8, 4) is 10.7 Å². The molecule has 1 N–H and O–H groups in total. The Bertz CT molecular complexity index is 682. The second kappa shape index (κ2) is 6.56. The maximum absolute atomic E-state index is 4.62. The maximum Gasteiger partial charge on any atom is 0.142 e. The lowest BCUT2D eigenvalue weighted by Crippen LogP contribution is -2.18. The van der Waals surface area contributed by atoms with Gasteiger partial charge in [0.15, 0.2) is 0 Å². The largest absolute Gasteiger partial charge is 0.304 e. The minimum Gasteiger partial charge on any atom is -0.304 e. The van der Waals surface area contributed by atoms with Crippen LogP contribution < -0.4 is 5.32 Å². The van der Waals surface area contributed by atoms with Crippen LogP contribution in [0.2, 0.25) is 0 Å². The van der Waals surface area contributed by atoms with Crippen LogP contribution in [-0.2, 0) is 6.54 Å². The fourth-order valence-corrected chi connectivity index (χ4v) is 2.80. The number of aromatic nitrogens is 3. The Morgan fingerprint density at radius 3 is 2.90 bits per heavy atom. The molecule has 5 heteroatoms. The van der Waals surface area contributed by atoms with Gasteiger partial charge in [0.2, 0.25) is 0 Å². The van der Waals surface area contributed by atoms with E-state index in [4.69, 9.17) is 0 Å². The summed E-state index contributed by atoms with van der Waals surface area (Å²) in [6, 6.07) is 10.1. The molecule has 21 heavy (non-hydrogen) atoms. The third kappa shape index (κ3) is 3.51. The molecule has 3 aromatic rings. The lowest BCUT2D eigenvalue weighted by atomic mass is 10.1. The number of rotatable bonds is 5. The number of nitrogens with one attached hydrogen (secondary N) is 1. The molecule has 3 heterocycles. The zero-order valence-electron chi connectivity index (χ0n) is 11.7. The van der Waals surface area contributed by atoms with Gasteiger partial charge in [0, 0.05) is 36.6 Å². The van der Waals surface area contributed by atoms with Crippen molar-refractivity contribution in [3.05, 3.63) is 65.6 Å². The number of thiazole rings is 1. The molecule has 0 aliphatic carbocycles. The van der Waals surface area contributed by atoms with E-state index in [-0.39, 0.29) is 6.04 Å². The summed E-state index contributed by atoms with van der Waals surface area (Å²) in [5.74, 6) is 0. The van der Waals surface area contributed by atoms with Crippen molar-refractivity contribution in [3.63, 3.8) is 0 Å². The second-order valence-electron chi connectivity index (χ2n) is 4.75. The van der Waals surface area contributed by atoms with E-state index >= 15 is 0 Å². The zero-order valence-corrected chi connectivity index (χ0v) is 12.5. The van der Waals surface area contributed by atoms with Gasteiger partial charge in [-0.05, 0) is 30.7 Å². The van der Waals surface area contributed by atoms with Gasteiger partial charge in [-0.15, -0.1) is 11.3 Å². The third-order valence-corrected chi connectivity index (χ3v) is 4.12. The summed E-state index contributed by atoms with van der Waals surface area (Å²) in [6.45, 7) is 2.86. The monoisotopic (exact) mass is 296 g/mol. The van der Waals surface area contributed by atoms with Gasteiger partial charge in [-0.25, -0.2) is 4.98 Å². The highest BCUT2D eigenvalue weighted by molar-refractivity contribution is 7.13. The molecular weight excluding hydrogens is 280 g/mol. The summed E-state index contributed by atoms with van der Waals surface area (Å²) in [6.07, 6.45) is 5.47. The summed E-state index contributed by atoms with van der Waals surface area (Å²) in [5, 5.41) is 6.50. The Labute approximate surface area is 127 Å². The Kier molecular flexibility index (Phi) is 4.33. The molecule has 4 nitrogen and oxygen atoms in total. The average molecular weight is 296 g/mol. The van der Waals surface area contributed by atoms with Gasteiger partial charge >= 0.3 is 0 Å². The predicted molar refractivity (Wildman–Crippen MR) is 84.8 cm³/mol. The van der Waals surface area contributed by atoms with E-state index in [1.807, 2.05) is 30.5 Å². The lowest BCUT2D eigenvalue weighted by Gasteiger charge is -2.12. The SMILES string of the molecule is C[C@@H](NCc1csc(-c2ccccn2)n1)c1cccnc1. The van der Waals surface area contributed by atoms with Crippen molar-refractivity contribution in [1.29, 1.82) is 0 Å². The summed E-state index contributed by atoms with van der Waals surface area (Å²) in [4.78, 5) is 13.1. The highest BCUT2D eigenvalue weighted by atomic mass is 32.1. The molecule has 0 bridgehead atoms. The van der Waals surface area contributed by atoms with Gasteiger partial charge in [-0.2, -0.15) is 0 Å². The Hall–Kier alpha value is -2.11. The topological polar surface area (TPSA) is 50.7 Å². The van der Waals surface area contributed by atoms with Crippen LogP contribution in [0.4, 0.5) is 0 Å². The van der Waals surface area contributed by atoms with Crippen LogP contribution in [0.15, 0.2) is 54.3 Å². The van der Waals surface area contributed by atoms with Crippen molar-refractivity contribution in [2.45, 2.75) is 19.5 Å². The molecule has 0 unspecified atom stereocenters. The molecule has 0 aliphatic rings. The molecule has 0 amide bonds. The van der Waals surface area contributed by atoms with Crippen LogP contribution in [0.3, 0.4) is 0 Å². The molecule has 3 rings (SSSR count). The summed E-state index contributed by atoms with van der Waals surface area (Å²) < 4.78 is 0. The van der Waals surface area contributed by atoms with Crippen molar-refractivity contribution in [2.75, 3.05) is 0 Å². The first-order valence-corrected chi connectivity index (χ1v) is 7.70. The van der Waals surface area contributed by atoms with Gasteiger partial charge in [0.05, 0.1) is 11.4 Å². The molecule has 0 fully saturated rings. The molecule has 0 aromatic carbocycles. The molecule has 0 radical (unpaired) electrons. The molecule has 3 aromatic heterocycles. The summed E-state index contributed by atoms with van der Waals surface area (Å²) >= 11 is 1.62.